The lowest BCUT2D eigenvalue weighted by Gasteiger charge is -2.38. The number of carbonyl (C=O) groups excluding carboxylic acids is 1. The van der Waals surface area contributed by atoms with Crippen molar-refractivity contribution < 1.29 is 26.8 Å². The standard InChI is InChI=1S/C28H22F4N2O2/c1-17-24(33-27(36-17)20-6-10-21(11-7-20)28(30,31)32)16-25(35)34-15-14-18-4-2-3-5-23(18)26(34)19-8-12-22(29)13-9-19/h2-13,26H,14-16H2,1H3. The molecule has 0 aliphatic carbocycles. The van der Waals surface area contributed by atoms with Crippen LogP contribution in [0.15, 0.2) is 77.2 Å². The van der Waals surface area contributed by atoms with E-state index in [-0.39, 0.29) is 30.1 Å². The lowest BCUT2D eigenvalue weighted by Crippen LogP contribution is -2.41. The highest BCUT2D eigenvalue weighted by atomic mass is 19.4. The van der Waals surface area contributed by atoms with Crippen molar-refractivity contribution in [1.82, 2.24) is 9.88 Å². The van der Waals surface area contributed by atoms with Gasteiger partial charge in [-0.15, -0.1) is 0 Å². The molecule has 1 aliphatic rings. The predicted octanol–water partition coefficient (Wildman–Crippen LogP) is 6.52. The average Bonchev–Trinajstić information content (AvgIpc) is 3.23. The van der Waals surface area contributed by atoms with Crippen LogP contribution in [0.25, 0.3) is 11.5 Å². The van der Waals surface area contributed by atoms with E-state index in [0.717, 1.165) is 28.8 Å². The zero-order valence-electron chi connectivity index (χ0n) is 19.3. The fourth-order valence-corrected chi connectivity index (χ4v) is 4.60. The normalized spacial score (nSPS) is 15.6. The maximum absolute atomic E-state index is 13.6. The lowest BCUT2D eigenvalue weighted by atomic mass is 9.88. The van der Waals surface area contributed by atoms with Crippen LogP contribution in [-0.4, -0.2) is 22.3 Å². The second-order valence-electron chi connectivity index (χ2n) is 8.76. The van der Waals surface area contributed by atoms with Gasteiger partial charge in [0.05, 0.1) is 23.7 Å². The molecular formula is C28H22F4N2O2. The fourth-order valence-electron chi connectivity index (χ4n) is 4.60. The minimum absolute atomic E-state index is 0.0319. The third-order valence-electron chi connectivity index (χ3n) is 6.46. The number of nitrogens with zero attached hydrogens (tertiary/aromatic N) is 2. The molecule has 0 bridgehead atoms. The van der Waals surface area contributed by atoms with E-state index >= 15 is 0 Å². The van der Waals surface area contributed by atoms with Crippen LogP contribution in [0, 0.1) is 12.7 Å². The molecule has 184 valence electrons. The lowest BCUT2D eigenvalue weighted by molar-refractivity contribution is -0.137. The Balaban J connectivity index is 1.42. The average molecular weight is 494 g/mol. The summed E-state index contributed by atoms with van der Waals surface area (Å²) in [6.07, 6.45) is -3.78. The van der Waals surface area contributed by atoms with E-state index in [0.29, 0.717) is 30.0 Å². The molecule has 1 aromatic heterocycles. The Kier molecular flexibility index (Phi) is 6.12. The summed E-state index contributed by atoms with van der Waals surface area (Å²) >= 11 is 0. The quantitative estimate of drug-likeness (QED) is 0.303. The number of aromatic nitrogens is 1. The number of oxazole rings is 1. The van der Waals surface area contributed by atoms with Crippen LogP contribution in [0.2, 0.25) is 0 Å². The maximum atomic E-state index is 13.6. The Morgan fingerprint density at radius 3 is 2.42 bits per heavy atom. The van der Waals surface area contributed by atoms with E-state index in [1.165, 1.54) is 24.3 Å². The van der Waals surface area contributed by atoms with Gasteiger partial charge < -0.3 is 9.32 Å². The summed E-state index contributed by atoms with van der Waals surface area (Å²) in [5, 5.41) is 0. The first-order valence-corrected chi connectivity index (χ1v) is 11.5. The number of halogens is 4. The van der Waals surface area contributed by atoms with Crippen LogP contribution in [0.3, 0.4) is 0 Å². The van der Waals surface area contributed by atoms with E-state index in [4.69, 9.17) is 4.42 Å². The molecule has 4 nitrogen and oxygen atoms in total. The van der Waals surface area contributed by atoms with Crippen LogP contribution >= 0.6 is 0 Å². The monoisotopic (exact) mass is 494 g/mol. The Morgan fingerprint density at radius 1 is 1.03 bits per heavy atom. The van der Waals surface area contributed by atoms with Crippen LogP contribution in [0.5, 0.6) is 0 Å². The molecule has 1 aliphatic heterocycles. The highest BCUT2D eigenvalue weighted by Gasteiger charge is 2.33. The predicted molar refractivity (Wildman–Crippen MR) is 125 cm³/mol. The molecule has 2 heterocycles. The summed E-state index contributed by atoms with van der Waals surface area (Å²) in [7, 11) is 0. The Hall–Kier alpha value is -3.94. The van der Waals surface area contributed by atoms with Crippen molar-refractivity contribution in [2.45, 2.75) is 32.0 Å². The first-order valence-electron chi connectivity index (χ1n) is 11.5. The number of rotatable bonds is 4. The van der Waals surface area contributed by atoms with E-state index in [1.807, 2.05) is 24.3 Å². The zero-order chi connectivity index (χ0) is 25.4. The smallest absolute Gasteiger partial charge is 0.416 e. The molecule has 5 rings (SSSR count). The molecule has 0 N–H and O–H groups in total. The molecule has 0 saturated heterocycles. The van der Waals surface area contributed by atoms with Crippen molar-refractivity contribution in [3.63, 3.8) is 0 Å². The molecule has 1 atom stereocenters. The number of hydrogen-bond acceptors (Lipinski definition) is 3. The van der Waals surface area contributed by atoms with E-state index in [2.05, 4.69) is 4.98 Å². The summed E-state index contributed by atoms with van der Waals surface area (Å²) in [5.74, 6) is 0.0565. The molecule has 1 amide bonds. The highest BCUT2D eigenvalue weighted by molar-refractivity contribution is 5.80. The van der Waals surface area contributed by atoms with Crippen LogP contribution in [-0.2, 0) is 23.8 Å². The highest BCUT2D eigenvalue weighted by Crippen LogP contribution is 2.36. The summed E-state index contributed by atoms with van der Waals surface area (Å²) in [6, 6.07) is 18.2. The summed E-state index contributed by atoms with van der Waals surface area (Å²) in [4.78, 5) is 19.7. The van der Waals surface area contributed by atoms with Gasteiger partial charge >= 0.3 is 6.18 Å². The molecule has 0 saturated carbocycles. The summed E-state index contributed by atoms with van der Waals surface area (Å²) in [6.45, 7) is 2.16. The van der Waals surface area contributed by atoms with E-state index < -0.39 is 11.7 Å². The van der Waals surface area contributed by atoms with Gasteiger partial charge in [0.25, 0.3) is 0 Å². The Labute approximate surface area is 205 Å². The SMILES string of the molecule is Cc1oc(-c2ccc(C(F)(F)F)cc2)nc1CC(=O)N1CCc2ccccc2C1c1ccc(F)cc1. The largest absolute Gasteiger partial charge is 0.441 e. The van der Waals surface area contributed by atoms with Crippen molar-refractivity contribution in [2.24, 2.45) is 0 Å². The molecule has 0 radical (unpaired) electrons. The number of fused-ring (bicyclic) bond motifs is 1. The van der Waals surface area contributed by atoms with Crippen LogP contribution < -0.4 is 0 Å². The second kappa shape index (κ2) is 9.26. The molecular weight excluding hydrogens is 472 g/mol. The number of hydrogen-bond donors (Lipinski definition) is 0. The minimum atomic E-state index is -4.43. The summed E-state index contributed by atoms with van der Waals surface area (Å²) < 4.78 is 57.9. The molecule has 0 fully saturated rings. The van der Waals surface area contributed by atoms with Crippen molar-refractivity contribution in [3.05, 3.63) is 112 Å². The molecule has 36 heavy (non-hydrogen) atoms. The minimum Gasteiger partial charge on any atom is -0.441 e. The van der Waals surface area contributed by atoms with Gasteiger partial charge in [-0.05, 0) is 66.4 Å². The third-order valence-corrected chi connectivity index (χ3v) is 6.46. The molecule has 1 unspecified atom stereocenters. The van der Waals surface area contributed by atoms with Gasteiger partial charge in [0, 0.05) is 12.1 Å². The third kappa shape index (κ3) is 4.63. The fraction of sp³-hybridized carbons (Fsp3) is 0.214. The second-order valence-corrected chi connectivity index (χ2v) is 8.76. The Bertz CT molecular complexity index is 1390. The molecule has 3 aromatic carbocycles. The number of benzene rings is 3. The molecule has 8 heteroatoms. The first-order chi connectivity index (χ1) is 17.2. The number of alkyl halides is 3. The summed E-state index contributed by atoms with van der Waals surface area (Å²) in [5.41, 5.74) is 2.98. The van der Waals surface area contributed by atoms with Gasteiger partial charge in [-0.2, -0.15) is 13.2 Å². The molecule has 4 aromatic rings. The van der Waals surface area contributed by atoms with Gasteiger partial charge in [-0.1, -0.05) is 36.4 Å². The molecule has 0 spiro atoms. The van der Waals surface area contributed by atoms with Gasteiger partial charge in [0.15, 0.2) is 0 Å². The number of aryl methyl sites for hydroxylation is 1. The van der Waals surface area contributed by atoms with Crippen LogP contribution in [0.1, 0.15) is 39.7 Å². The van der Waals surface area contributed by atoms with Crippen molar-refractivity contribution in [1.29, 1.82) is 0 Å². The van der Waals surface area contributed by atoms with Crippen LogP contribution in [0.4, 0.5) is 17.6 Å². The van der Waals surface area contributed by atoms with Crippen molar-refractivity contribution in [2.75, 3.05) is 6.54 Å². The topological polar surface area (TPSA) is 46.3 Å². The van der Waals surface area contributed by atoms with Gasteiger partial charge in [0.2, 0.25) is 11.8 Å². The van der Waals surface area contributed by atoms with E-state index in [1.54, 1.807) is 24.0 Å². The van der Waals surface area contributed by atoms with Crippen molar-refractivity contribution >= 4 is 5.91 Å². The first kappa shape index (κ1) is 23.8. The van der Waals surface area contributed by atoms with Gasteiger partial charge in [0.1, 0.15) is 11.6 Å². The number of carbonyl (C=O) groups is 1. The van der Waals surface area contributed by atoms with Gasteiger partial charge in [-0.25, -0.2) is 9.37 Å². The Morgan fingerprint density at radius 2 is 1.72 bits per heavy atom. The number of amides is 1. The maximum Gasteiger partial charge on any atom is 0.416 e. The van der Waals surface area contributed by atoms with E-state index in [9.17, 15) is 22.4 Å². The zero-order valence-corrected chi connectivity index (χ0v) is 19.3. The van der Waals surface area contributed by atoms with Crippen molar-refractivity contribution in [3.8, 4) is 11.5 Å². The van der Waals surface area contributed by atoms with Gasteiger partial charge in [-0.3, -0.25) is 4.79 Å².